The molecule has 0 spiro atoms. The van der Waals surface area contributed by atoms with Gasteiger partial charge < -0.3 is 9.64 Å². The Kier molecular flexibility index (Phi) is 6.67. The van der Waals surface area contributed by atoms with Crippen molar-refractivity contribution in [1.29, 1.82) is 0 Å². The minimum Gasteiger partial charge on any atom is -0.456 e. The van der Waals surface area contributed by atoms with Gasteiger partial charge in [0.1, 0.15) is 0 Å². The summed E-state index contributed by atoms with van der Waals surface area (Å²) in [5, 5.41) is 0. The molecule has 1 aromatic carbocycles. The molecule has 3 rings (SSSR count). The number of fused-ring (bicyclic) bond motifs is 1. The number of imide groups is 1. The van der Waals surface area contributed by atoms with Crippen LogP contribution < -0.4 is 0 Å². The summed E-state index contributed by atoms with van der Waals surface area (Å²) >= 11 is 0. The first-order chi connectivity index (χ1) is 13.9. The molecular weight excluding hydrogens is 372 g/mol. The van der Waals surface area contributed by atoms with E-state index in [0.717, 1.165) is 36.1 Å². The average molecular weight is 400 g/mol. The van der Waals surface area contributed by atoms with Gasteiger partial charge in [0.15, 0.2) is 6.61 Å². The van der Waals surface area contributed by atoms with E-state index in [-0.39, 0.29) is 31.5 Å². The standard InChI is InChI=1S/C22H28N2O5/c1-3-23(16-7-5-4-6-8-16)19(25)14-29-20(26)11-12-24-21(27)17-10-9-15(2)13-18(17)22(24)28/h9-10,13,16H,3-8,11-12,14H2,1-2H3. The Morgan fingerprint density at radius 2 is 1.79 bits per heavy atom. The van der Waals surface area contributed by atoms with Crippen LogP contribution in [0.15, 0.2) is 18.2 Å². The first-order valence-electron chi connectivity index (χ1n) is 10.3. The molecule has 156 valence electrons. The molecule has 29 heavy (non-hydrogen) atoms. The minimum atomic E-state index is -0.592. The number of esters is 1. The molecule has 2 aliphatic rings. The fraction of sp³-hybridized carbons (Fsp3) is 0.545. The Balaban J connectivity index is 1.48. The number of amides is 3. The molecule has 0 radical (unpaired) electrons. The first-order valence-corrected chi connectivity index (χ1v) is 10.3. The fourth-order valence-corrected chi connectivity index (χ4v) is 4.14. The zero-order chi connectivity index (χ0) is 21.0. The van der Waals surface area contributed by atoms with Crippen LogP contribution in [0.4, 0.5) is 0 Å². The number of hydrogen-bond donors (Lipinski definition) is 0. The molecule has 0 atom stereocenters. The van der Waals surface area contributed by atoms with Gasteiger partial charge in [-0.1, -0.05) is 30.9 Å². The van der Waals surface area contributed by atoms with E-state index in [1.54, 1.807) is 23.1 Å². The lowest BCUT2D eigenvalue weighted by atomic mass is 9.94. The number of likely N-dealkylation sites (N-methyl/N-ethyl adjacent to an activating group) is 1. The summed E-state index contributed by atoms with van der Waals surface area (Å²) < 4.78 is 5.12. The quantitative estimate of drug-likeness (QED) is 0.519. The molecule has 0 aromatic heterocycles. The third-order valence-corrected chi connectivity index (χ3v) is 5.70. The van der Waals surface area contributed by atoms with Gasteiger partial charge in [-0.05, 0) is 38.8 Å². The second kappa shape index (κ2) is 9.20. The van der Waals surface area contributed by atoms with Gasteiger partial charge in [-0.15, -0.1) is 0 Å². The SMILES string of the molecule is CCN(C(=O)COC(=O)CCN1C(=O)c2ccc(C)cc2C1=O)C1CCCCC1. The van der Waals surface area contributed by atoms with E-state index in [1.807, 2.05) is 13.8 Å². The minimum absolute atomic E-state index is 0.0570. The number of carbonyl (C=O) groups is 4. The number of hydrogen-bond acceptors (Lipinski definition) is 5. The molecule has 7 heteroatoms. The predicted octanol–water partition coefficient (Wildman–Crippen LogP) is 2.71. The van der Waals surface area contributed by atoms with Crippen molar-refractivity contribution >= 4 is 23.7 Å². The van der Waals surface area contributed by atoms with Crippen LogP contribution >= 0.6 is 0 Å². The smallest absolute Gasteiger partial charge is 0.308 e. The summed E-state index contributed by atoms with van der Waals surface area (Å²) in [5.41, 5.74) is 1.61. The third kappa shape index (κ3) is 4.66. The van der Waals surface area contributed by atoms with Crippen LogP contribution in [0.1, 0.15) is 71.7 Å². The van der Waals surface area contributed by atoms with E-state index in [0.29, 0.717) is 17.7 Å². The zero-order valence-corrected chi connectivity index (χ0v) is 17.1. The van der Waals surface area contributed by atoms with E-state index in [2.05, 4.69) is 0 Å². The Labute approximate surface area is 171 Å². The zero-order valence-electron chi connectivity index (χ0n) is 17.1. The van der Waals surface area contributed by atoms with Crippen molar-refractivity contribution in [3.8, 4) is 0 Å². The van der Waals surface area contributed by atoms with Crippen LogP contribution in [0, 0.1) is 6.92 Å². The van der Waals surface area contributed by atoms with Crippen molar-refractivity contribution < 1.29 is 23.9 Å². The number of nitrogens with zero attached hydrogens (tertiary/aromatic N) is 2. The van der Waals surface area contributed by atoms with Gasteiger partial charge in [0.05, 0.1) is 17.5 Å². The Hall–Kier alpha value is -2.70. The largest absolute Gasteiger partial charge is 0.456 e. The maximum absolute atomic E-state index is 12.5. The highest BCUT2D eigenvalue weighted by molar-refractivity contribution is 6.21. The number of ether oxygens (including phenoxy) is 1. The Morgan fingerprint density at radius 3 is 2.48 bits per heavy atom. The van der Waals surface area contributed by atoms with Crippen molar-refractivity contribution in [3.05, 3.63) is 34.9 Å². The molecule has 0 saturated heterocycles. The highest BCUT2D eigenvalue weighted by atomic mass is 16.5. The molecule has 1 saturated carbocycles. The van der Waals surface area contributed by atoms with Gasteiger partial charge in [-0.2, -0.15) is 0 Å². The summed E-state index contributed by atoms with van der Waals surface area (Å²) in [4.78, 5) is 52.2. The maximum atomic E-state index is 12.5. The average Bonchev–Trinajstić information content (AvgIpc) is 2.95. The lowest BCUT2D eigenvalue weighted by molar-refractivity contribution is -0.153. The van der Waals surface area contributed by atoms with Crippen molar-refractivity contribution in [2.45, 2.75) is 58.4 Å². The van der Waals surface area contributed by atoms with Crippen LogP contribution in [0.3, 0.4) is 0 Å². The Morgan fingerprint density at radius 1 is 1.10 bits per heavy atom. The molecule has 3 amide bonds. The van der Waals surface area contributed by atoms with Crippen LogP contribution in [-0.4, -0.2) is 59.2 Å². The number of carbonyl (C=O) groups excluding carboxylic acids is 4. The Bertz CT molecular complexity index is 813. The highest BCUT2D eigenvalue weighted by Gasteiger charge is 2.35. The first kappa shape index (κ1) is 21.0. The lowest BCUT2D eigenvalue weighted by Crippen LogP contribution is -2.43. The van der Waals surface area contributed by atoms with E-state index in [1.165, 1.54) is 6.42 Å². The van der Waals surface area contributed by atoms with E-state index in [4.69, 9.17) is 4.74 Å². The number of aryl methyl sites for hydroxylation is 1. The van der Waals surface area contributed by atoms with Gasteiger partial charge >= 0.3 is 5.97 Å². The van der Waals surface area contributed by atoms with Crippen molar-refractivity contribution in [3.63, 3.8) is 0 Å². The lowest BCUT2D eigenvalue weighted by Gasteiger charge is -2.33. The predicted molar refractivity (Wildman–Crippen MR) is 106 cm³/mol. The molecule has 1 fully saturated rings. The van der Waals surface area contributed by atoms with Crippen LogP contribution in [0.5, 0.6) is 0 Å². The molecule has 0 bridgehead atoms. The maximum Gasteiger partial charge on any atom is 0.308 e. The summed E-state index contributed by atoms with van der Waals surface area (Å²) in [6, 6.07) is 5.31. The molecule has 0 unspecified atom stereocenters. The number of benzene rings is 1. The van der Waals surface area contributed by atoms with Crippen LogP contribution in [-0.2, 0) is 14.3 Å². The normalized spacial score (nSPS) is 16.7. The second-order valence-electron chi connectivity index (χ2n) is 7.69. The van der Waals surface area contributed by atoms with Gasteiger partial charge in [0.25, 0.3) is 17.7 Å². The molecule has 1 aliphatic heterocycles. The van der Waals surface area contributed by atoms with Gasteiger partial charge in [-0.3, -0.25) is 24.1 Å². The van der Waals surface area contributed by atoms with Gasteiger partial charge in [0, 0.05) is 19.1 Å². The summed E-state index contributed by atoms with van der Waals surface area (Å²) in [7, 11) is 0. The topological polar surface area (TPSA) is 84.0 Å². The summed E-state index contributed by atoms with van der Waals surface area (Å²) in [5.74, 6) is -1.58. The highest BCUT2D eigenvalue weighted by Crippen LogP contribution is 2.24. The van der Waals surface area contributed by atoms with Crippen molar-refractivity contribution in [1.82, 2.24) is 9.80 Å². The molecular formula is C22H28N2O5. The van der Waals surface area contributed by atoms with Crippen LogP contribution in [0.25, 0.3) is 0 Å². The molecule has 1 heterocycles. The van der Waals surface area contributed by atoms with Gasteiger partial charge in [0.2, 0.25) is 0 Å². The van der Waals surface area contributed by atoms with E-state index < -0.39 is 17.8 Å². The number of rotatable bonds is 7. The molecule has 0 N–H and O–H groups in total. The summed E-state index contributed by atoms with van der Waals surface area (Å²) in [6.07, 6.45) is 5.30. The monoisotopic (exact) mass is 400 g/mol. The second-order valence-corrected chi connectivity index (χ2v) is 7.69. The van der Waals surface area contributed by atoms with Crippen molar-refractivity contribution in [2.24, 2.45) is 0 Å². The van der Waals surface area contributed by atoms with E-state index >= 15 is 0 Å². The van der Waals surface area contributed by atoms with E-state index in [9.17, 15) is 19.2 Å². The molecule has 1 aliphatic carbocycles. The third-order valence-electron chi connectivity index (χ3n) is 5.70. The summed E-state index contributed by atoms with van der Waals surface area (Å²) in [6.45, 7) is 4.01. The molecule has 7 nitrogen and oxygen atoms in total. The molecule has 1 aromatic rings. The fourth-order valence-electron chi connectivity index (χ4n) is 4.14. The van der Waals surface area contributed by atoms with Crippen LogP contribution in [0.2, 0.25) is 0 Å². The van der Waals surface area contributed by atoms with Gasteiger partial charge in [-0.25, -0.2) is 0 Å². The van der Waals surface area contributed by atoms with Crippen molar-refractivity contribution in [2.75, 3.05) is 19.7 Å².